The zero-order valence-electron chi connectivity index (χ0n) is 29.1. The van der Waals surface area contributed by atoms with Crippen LogP contribution in [0.1, 0.15) is 60.8 Å². The van der Waals surface area contributed by atoms with Gasteiger partial charge in [0.15, 0.2) is 0 Å². The van der Waals surface area contributed by atoms with E-state index in [-0.39, 0.29) is 31.0 Å². The fourth-order valence-electron chi connectivity index (χ4n) is 6.55. The maximum absolute atomic E-state index is 12.3. The number of likely N-dealkylation sites (N-methyl/N-ethyl adjacent to an activating group) is 1. The number of hydroxylamine groups is 2. The number of rotatable bonds is 11. The molecule has 4 aromatic rings. The smallest absolute Gasteiger partial charge is 0.407 e. The van der Waals surface area contributed by atoms with Crippen LogP contribution in [-0.4, -0.2) is 73.7 Å². The van der Waals surface area contributed by atoms with Gasteiger partial charge in [-0.1, -0.05) is 111 Å². The minimum absolute atomic E-state index is 0.0134. The van der Waals surface area contributed by atoms with E-state index in [1.807, 2.05) is 67.6 Å². The summed E-state index contributed by atoms with van der Waals surface area (Å²) < 4.78 is 10.8. The van der Waals surface area contributed by atoms with Crippen molar-refractivity contribution < 1.29 is 38.6 Å². The fourth-order valence-corrected chi connectivity index (χ4v) is 6.55. The van der Waals surface area contributed by atoms with E-state index in [0.717, 1.165) is 38.4 Å². The Balaban J connectivity index is 0.000000199. The van der Waals surface area contributed by atoms with Crippen LogP contribution in [0.25, 0.3) is 22.3 Å². The lowest BCUT2D eigenvalue weighted by Crippen LogP contribution is -2.47. The molecule has 3 amide bonds. The second-order valence-corrected chi connectivity index (χ2v) is 12.2. The average molecular weight is 694 g/mol. The van der Waals surface area contributed by atoms with Crippen molar-refractivity contribution in [2.45, 2.75) is 50.6 Å². The molecule has 4 aromatic carbocycles. The topological polar surface area (TPSA) is 144 Å². The van der Waals surface area contributed by atoms with Gasteiger partial charge in [0.1, 0.15) is 25.3 Å². The van der Waals surface area contributed by atoms with E-state index < -0.39 is 30.2 Å². The van der Waals surface area contributed by atoms with Crippen molar-refractivity contribution in [2.24, 2.45) is 0 Å². The number of aliphatic carboxylic acids is 1. The summed E-state index contributed by atoms with van der Waals surface area (Å²) in [5.41, 5.74) is 9.19. The Bertz CT molecular complexity index is 1790. The number of amides is 3. The maximum atomic E-state index is 12.3. The molecule has 0 fully saturated rings. The predicted octanol–water partition coefficient (Wildman–Crippen LogP) is 6.71. The first kappa shape index (κ1) is 36.6. The zero-order chi connectivity index (χ0) is 36.5. The zero-order valence-corrected chi connectivity index (χ0v) is 29.1. The Morgan fingerprint density at radius 1 is 0.627 bits per heavy atom. The van der Waals surface area contributed by atoms with Crippen molar-refractivity contribution >= 4 is 24.1 Å². The summed E-state index contributed by atoms with van der Waals surface area (Å²) in [7, 11) is 2.91. The highest BCUT2D eigenvalue weighted by Gasteiger charge is 2.31. The highest BCUT2D eigenvalue weighted by molar-refractivity contribution is 5.85. The van der Waals surface area contributed by atoms with Crippen LogP contribution >= 0.6 is 0 Å². The number of hydrogen-bond acceptors (Lipinski definition) is 7. The number of hydrogen-bond donors (Lipinski definition) is 3. The van der Waals surface area contributed by atoms with Crippen LogP contribution in [0, 0.1) is 0 Å². The fraction of sp³-hybridized carbons (Fsp3) is 0.300. The molecule has 0 saturated carbocycles. The summed E-state index contributed by atoms with van der Waals surface area (Å²) in [4.78, 5) is 52.2. The summed E-state index contributed by atoms with van der Waals surface area (Å²) in [5, 5.41) is 15.1. The molecule has 0 spiro atoms. The summed E-state index contributed by atoms with van der Waals surface area (Å²) in [6.45, 7) is 3.90. The normalized spacial score (nSPS) is 13.6. The van der Waals surface area contributed by atoms with Crippen LogP contribution < -0.4 is 10.6 Å². The number of nitrogens with zero attached hydrogens (tertiary/aromatic N) is 1. The highest BCUT2D eigenvalue weighted by Crippen LogP contribution is 2.45. The van der Waals surface area contributed by atoms with Crippen molar-refractivity contribution in [3.05, 3.63) is 119 Å². The van der Waals surface area contributed by atoms with Crippen LogP contribution in [0.3, 0.4) is 0 Å². The molecular formula is C40H43N3O8. The monoisotopic (exact) mass is 693 g/mol. The van der Waals surface area contributed by atoms with E-state index >= 15 is 0 Å². The molecule has 0 saturated heterocycles. The van der Waals surface area contributed by atoms with Crippen LogP contribution in [0.2, 0.25) is 0 Å². The van der Waals surface area contributed by atoms with Crippen LogP contribution in [0.4, 0.5) is 9.59 Å². The molecule has 0 unspecified atom stereocenters. The molecule has 0 heterocycles. The first-order valence-electron chi connectivity index (χ1n) is 17.0. The lowest BCUT2D eigenvalue weighted by molar-refractivity contribution is -0.171. The molecule has 11 heteroatoms. The Labute approximate surface area is 297 Å². The minimum Gasteiger partial charge on any atom is -0.480 e. The van der Waals surface area contributed by atoms with Gasteiger partial charge >= 0.3 is 18.2 Å². The van der Waals surface area contributed by atoms with Gasteiger partial charge in [-0.2, -0.15) is 0 Å². The first-order chi connectivity index (χ1) is 24.7. The second kappa shape index (κ2) is 16.8. The van der Waals surface area contributed by atoms with Gasteiger partial charge in [0.25, 0.3) is 5.91 Å². The number of carboxylic acids is 1. The van der Waals surface area contributed by atoms with E-state index in [9.17, 15) is 19.2 Å². The molecule has 51 heavy (non-hydrogen) atoms. The lowest BCUT2D eigenvalue weighted by atomic mass is 9.98. The third-order valence-corrected chi connectivity index (χ3v) is 9.27. The van der Waals surface area contributed by atoms with Crippen molar-refractivity contribution in [3.8, 4) is 22.3 Å². The third-order valence-electron chi connectivity index (χ3n) is 9.27. The number of carbonyl (C=O) groups is 4. The molecule has 11 nitrogen and oxygen atoms in total. The Kier molecular flexibility index (Phi) is 12.1. The average Bonchev–Trinajstić information content (AvgIpc) is 3.66. The standard InChI is InChI=1S/C21H24N2O4.C19H19NO4/c1-4-19(20(24)23(2)26-3)22-21(25)27-13-18-16-11-7-5-9-14(16)15-10-6-8-12-17(15)18;1-2-17(18(21)22)20-19(23)24-11-16-14-9-5-3-7-12(14)13-8-4-6-10-15(13)16/h5-12,18-19H,4,13H2,1-3H3,(H,22,25);3-10,16-17H,2,11H2,1H3,(H,20,23)(H,21,22)/t19-;17-/m01/s1. The van der Waals surface area contributed by atoms with Gasteiger partial charge in [0.05, 0.1) is 7.11 Å². The summed E-state index contributed by atoms with van der Waals surface area (Å²) >= 11 is 0. The quantitative estimate of drug-likeness (QED) is 0.147. The highest BCUT2D eigenvalue weighted by atomic mass is 16.7. The Hall–Kier alpha value is -5.68. The molecule has 0 aromatic heterocycles. The van der Waals surface area contributed by atoms with E-state index in [4.69, 9.17) is 19.4 Å². The number of carboxylic acid groups (broad SMARTS) is 1. The number of carbonyl (C=O) groups excluding carboxylic acids is 3. The molecule has 2 atom stereocenters. The van der Waals surface area contributed by atoms with Gasteiger partial charge < -0.3 is 25.2 Å². The number of nitrogens with one attached hydrogen (secondary N) is 2. The maximum Gasteiger partial charge on any atom is 0.407 e. The molecule has 0 bridgehead atoms. The van der Waals surface area contributed by atoms with Gasteiger partial charge in [-0.3, -0.25) is 9.63 Å². The molecule has 6 rings (SSSR count). The summed E-state index contributed by atoms with van der Waals surface area (Å²) in [6, 6.07) is 30.8. The van der Waals surface area contributed by atoms with Crippen molar-refractivity contribution in [1.82, 2.24) is 15.7 Å². The first-order valence-corrected chi connectivity index (χ1v) is 17.0. The SMILES string of the molecule is CC[C@@H](NC(=O)OCC1c2ccccc2-c2ccccc21)C(=O)O.CC[C@H](NC(=O)OCC1c2ccccc2-c2ccccc21)C(=O)N(C)OC. The van der Waals surface area contributed by atoms with E-state index in [2.05, 4.69) is 47.0 Å². The van der Waals surface area contributed by atoms with Crippen LogP contribution in [0.15, 0.2) is 97.1 Å². The molecule has 2 aliphatic carbocycles. The van der Waals surface area contributed by atoms with Crippen molar-refractivity contribution in [3.63, 3.8) is 0 Å². The molecular weight excluding hydrogens is 650 g/mol. The summed E-state index contributed by atoms with van der Waals surface area (Å²) in [6.07, 6.45) is -0.566. The van der Waals surface area contributed by atoms with Gasteiger partial charge in [-0.15, -0.1) is 0 Å². The van der Waals surface area contributed by atoms with Gasteiger partial charge in [0, 0.05) is 18.9 Å². The number of ether oxygens (including phenoxy) is 2. The van der Waals surface area contributed by atoms with E-state index in [0.29, 0.717) is 12.8 Å². The second-order valence-electron chi connectivity index (χ2n) is 12.2. The number of alkyl carbamates (subject to hydrolysis) is 2. The molecule has 266 valence electrons. The lowest BCUT2D eigenvalue weighted by Gasteiger charge is -2.22. The van der Waals surface area contributed by atoms with Gasteiger partial charge in [-0.05, 0) is 57.3 Å². The van der Waals surface area contributed by atoms with Crippen molar-refractivity contribution in [2.75, 3.05) is 27.4 Å². The van der Waals surface area contributed by atoms with Gasteiger partial charge in [-0.25, -0.2) is 19.4 Å². The minimum atomic E-state index is -1.06. The van der Waals surface area contributed by atoms with Crippen LogP contribution in [0.5, 0.6) is 0 Å². The molecule has 0 aliphatic heterocycles. The van der Waals surface area contributed by atoms with Crippen LogP contribution in [-0.2, 0) is 23.9 Å². The van der Waals surface area contributed by atoms with E-state index in [1.54, 1.807) is 6.92 Å². The number of fused-ring (bicyclic) bond motifs is 6. The summed E-state index contributed by atoms with van der Waals surface area (Å²) in [5.74, 6) is -1.44. The Morgan fingerprint density at radius 2 is 0.961 bits per heavy atom. The van der Waals surface area contributed by atoms with Gasteiger partial charge in [0.2, 0.25) is 0 Å². The van der Waals surface area contributed by atoms with Crippen molar-refractivity contribution in [1.29, 1.82) is 0 Å². The molecule has 2 aliphatic rings. The molecule has 3 N–H and O–H groups in total. The molecule has 0 radical (unpaired) electrons. The third kappa shape index (κ3) is 8.21. The van der Waals surface area contributed by atoms with E-state index in [1.165, 1.54) is 25.3 Å². The predicted molar refractivity (Wildman–Crippen MR) is 192 cm³/mol. The number of benzene rings is 4. The largest absolute Gasteiger partial charge is 0.480 e. The Morgan fingerprint density at radius 3 is 1.27 bits per heavy atom.